The number of ether oxygens (including phenoxy) is 1. The molecule has 2 rings (SSSR count). The molecule has 0 aliphatic heterocycles. The third-order valence-electron chi connectivity index (χ3n) is 2.54. The van der Waals surface area contributed by atoms with Crippen molar-refractivity contribution in [1.82, 2.24) is 5.43 Å². The summed E-state index contributed by atoms with van der Waals surface area (Å²) in [5.41, 5.74) is 4.59. The van der Waals surface area contributed by atoms with Gasteiger partial charge in [0.25, 0.3) is 5.91 Å². The fourth-order valence-corrected chi connectivity index (χ4v) is 1.72. The second kappa shape index (κ2) is 6.56. The zero-order valence-electron chi connectivity index (χ0n) is 10.7. The smallest absolute Gasteiger partial charge is 0.264 e. The number of rotatable bonds is 5. The van der Waals surface area contributed by atoms with Crippen molar-refractivity contribution in [2.45, 2.75) is 0 Å². The minimum atomic E-state index is -0.199. The van der Waals surface area contributed by atoms with E-state index in [1.807, 2.05) is 60.7 Å². The molecule has 0 saturated heterocycles. The van der Waals surface area contributed by atoms with Crippen LogP contribution >= 0.6 is 0 Å². The van der Waals surface area contributed by atoms with Crippen LogP contribution in [-0.4, -0.2) is 19.6 Å². The predicted molar refractivity (Wildman–Crippen MR) is 75.0 cm³/mol. The summed E-state index contributed by atoms with van der Waals surface area (Å²) >= 11 is 0. The first-order chi connectivity index (χ1) is 9.31. The van der Waals surface area contributed by atoms with Gasteiger partial charge in [0.05, 0.1) is 11.4 Å². The molecule has 0 aromatic heterocycles. The van der Waals surface area contributed by atoms with Gasteiger partial charge in [0, 0.05) is 7.11 Å². The van der Waals surface area contributed by atoms with E-state index in [0.717, 1.165) is 11.4 Å². The highest BCUT2D eigenvalue weighted by atomic mass is 16.5. The quantitative estimate of drug-likeness (QED) is 0.836. The third kappa shape index (κ3) is 3.56. The first-order valence-electron chi connectivity index (χ1n) is 6.00. The highest BCUT2D eigenvalue weighted by Crippen LogP contribution is 2.22. The van der Waals surface area contributed by atoms with Crippen LogP contribution in [0.1, 0.15) is 0 Å². The number of hydrogen-bond donors (Lipinski definition) is 1. The van der Waals surface area contributed by atoms with Gasteiger partial charge in [0.1, 0.15) is 6.61 Å². The number of carbonyl (C=O) groups excluding carboxylic acids is 1. The van der Waals surface area contributed by atoms with Gasteiger partial charge in [-0.2, -0.15) is 0 Å². The Labute approximate surface area is 112 Å². The molecule has 1 amide bonds. The lowest BCUT2D eigenvalue weighted by Crippen LogP contribution is -2.40. The van der Waals surface area contributed by atoms with Crippen LogP contribution in [0.2, 0.25) is 0 Å². The van der Waals surface area contributed by atoms with Crippen LogP contribution < -0.4 is 10.4 Å². The van der Waals surface area contributed by atoms with Gasteiger partial charge in [0.15, 0.2) is 0 Å². The molecule has 0 bridgehead atoms. The zero-order valence-corrected chi connectivity index (χ0v) is 10.7. The number of anilines is 2. The maximum absolute atomic E-state index is 11.7. The normalized spacial score (nSPS) is 9.95. The van der Waals surface area contributed by atoms with Crippen LogP contribution in [0, 0.1) is 0 Å². The molecule has 0 radical (unpaired) electrons. The Bertz CT molecular complexity index is 475. The number of benzene rings is 2. The summed E-state index contributed by atoms with van der Waals surface area (Å²) in [6, 6.07) is 19.3. The van der Waals surface area contributed by atoms with Crippen molar-refractivity contribution in [3.05, 3.63) is 60.7 Å². The van der Waals surface area contributed by atoms with Gasteiger partial charge >= 0.3 is 0 Å². The minimum Gasteiger partial charge on any atom is -0.375 e. The predicted octanol–water partition coefficient (Wildman–Crippen LogP) is 2.50. The Kier molecular flexibility index (Phi) is 4.53. The van der Waals surface area contributed by atoms with Gasteiger partial charge in [-0.1, -0.05) is 36.4 Å². The van der Waals surface area contributed by atoms with Crippen molar-refractivity contribution >= 4 is 17.3 Å². The summed E-state index contributed by atoms with van der Waals surface area (Å²) in [6.45, 7) is 0.0240. The van der Waals surface area contributed by atoms with Crippen LogP contribution in [0.15, 0.2) is 60.7 Å². The number of hydrogen-bond acceptors (Lipinski definition) is 3. The molecule has 0 fully saturated rings. The summed E-state index contributed by atoms with van der Waals surface area (Å²) in [6.07, 6.45) is 0. The van der Waals surface area contributed by atoms with E-state index in [-0.39, 0.29) is 12.5 Å². The average molecular weight is 256 g/mol. The molecule has 0 aliphatic carbocycles. The van der Waals surface area contributed by atoms with E-state index in [1.165, 1.54) is 7.11 Å². The summed E-state index contributed by atoms with van der Waals surface area (Å²) in [5, 5.41) is 1.74. The van der Waals surface area contributed by atoms with Crippen molar-refractivity contribution in [3.63, 3.8) is 0 Å². The maximum Gasteiger partial charge on any atom is 0.264 e. The molecule has 2 aromatic carbocycles. The van der Waals surface area contributed by atoms with Gasteiger partial charge < -0.3 is 4.74 Å². The van der Waals surface area contributed by atoms with Gasteiger partial charge in [-0.05, 0) is 24.3 Å². The molecule has 4 nitrogen and oxygen atoms in total. The summed E-state index contributed by atoms with van der Waals surface area (Å²) < 4.78 is 4.84. The van der Waals surface area contributed by atoms with Crippen molar-refractivity contribution < 1.29 is 9.53 Å². The van der Waals surface area contributed by atoms with E-state index < -0.39 is 0 Å². The molecule has 2 aromatic rings. The highest BCUT2D eigenvalue weighted by Gasteiger charge is 2.11. The van der Waals surface area contributed by atoms with Crippen LogP contribution in [0.5, 0.6) is 0 Å². The third-order valence-corrected chi connectivity index (χ3v) is 2.54. The number of methoxy groups -OCH3 is 1. The second-order valence-electron chi connectivity index (χ2n) is 3.97. The van der Waals surface area contributed by atoms with E-state index in [0.29, 0.717) is 0 Å². The Morgan fingerprint density at radius 1 is 1.00 bits per heavy atom. The highest BCUT2D eigenvalue weighted by molar-refractivity contribution is 5.81. The number of amides is 1. The largest absolute Gasteiger partial charge is 0.375 e. The summed E-state index contributed by atoms with van der Waals surface area (Å²) in [5.74, 6) is -0.199. The first-order valence-corrected chi connectivity index (χ1v) is 6.00. The van der Waals surface area contributed by atoms with Gasteiger partial charge in [0.2, 0.25) is 0 Å². The minimum absolute atomic E-state index is 0.0240. The average Bonchev–Trinajstić information content (AvgIpc) is 2.47. The van der Waals surface area contributed by atoms with E-state index in [1.54, 1.807) is 5.01 Å². The number of para-hydroxylation sites is 2. The summed E-state index contributed by atoms with van der Waals surface area (Å²) in [4.78, 5) is 11.7. The number of nitrogens with one attached hydrogen (secondary N) is 1. The topological polar surface area (TPSA) is 41.6 Å². The van der Waals surface area contributed by atoms with Crippen LogP contribution in [0.4, 0.5) is 11.4 Å². The molecule has 1 N–H and O–H groups in total. The van der Waals surface area contributed by atoms with Crippen molar-refractivity contribution in [2.24, 2.45) is 0 Å². The zero-order chi connectivity index (χ0) is 13.5. The molecule has 0 heterocycles. The van der Waals surface area contributed by atoms with E-state index in [2.05, 4.69) is 5.43 Å². The number of hydrazine groups is 1. The SMILES string of the molecule is COCC(=O)NN(c1ccccc1)c1ccccc1. The van der Waals surface area contributed by atoms with Crippen molar-refractivity contribution in [1.29, 1.82) is 0 Å². The second-order valence-corrected chi connectivity index (χ2v) is 3.97. The van der Waals surface area contributed by atoms with Gasteiger partial charge in [-0.25, -0.2) is 0 Å². The molecule has 0 aliphatic rings. The van der Waals surface area contributed by atoms with Crippen molar-refractivity contribution in [2.75, 3.05) is 18.7 Å². The molecular weight excluding hydrogens is 240 g/mol. The fourth-order valence-electron chi connectivity index (χ4n) is 1.72. The molecule has 0 unspecified atom stereocenters. The lowest BCUT2D eigenvalue weighted by atomic mass is 10.2. The van der Waals surface area contributed by atoms with E-state index in [9.17, 15) is 4.79 Å². The van der Waals surface area contributed by atoms with Crippen LogP contribution in [0.25, 0.3) is 0 Å². The molecule has 0 saturated carbocycles. The number of nitrogens with zero attached hydrogens (tertiary/aromatic N) is 1. The van der Waals surface area contributed by atoms with E-state index >= 15 is 0 Å². The molecule has 19 heavy (non-hydrogen) atoms. The Hall–Kier alpha value is -2.33. The molecule has 4 heteroatoms. The van der Waals surface area contributed by atoms with Crippen LogP contribution in [-0.2, 0) is 9.53 Å². The fraction of sp³-hybridized carbons (Fsp3) is 0.133. The monoisotopic (exact) mass is 256 g/mol. The first kappa shape index (κ1) is 13.1. The molecular formula is C15H16N2O2. The van der Waals surface area contributed by atoms with Crippen LogP contribution in [0.3, 0.4) is 0 Å². The van der Waals surface area contributed by atoms with Gasteiger partial charge in [-0.3, -0.25) is 15.2 Å². The maximum atomic E-state index is 11.7. The molecule has 0 atom stereocenters. The summed E-state index contributed by atoms with van der Waals surface area (Å²) in [7, 11) is 1.49. The number of carbonyl (C=O) groups is 1. The molecule has 0 spiro atoms. The lowest BCUT2D eigenvalue weighted by Gasteiger charge is -2.25. The Morgan fingerprint density at radius 2 is 1.47 bits per heavy atom. The standard InChI is InChI=1S/C15H16N2O2/c1-19-12-15(18)16-17(13-8-4-2-5-9-13)14-10-6-3-7-11-14/h2-11H,12H2,1H3,(H,16,18). The van der Waals surface area contributed by atoms with E-state index in [4.69, 9.17) is 4.74 Å². The lowest BCUT2D eigenvalue weighted by molar-refractivity contribution is -0.124. The van der Waals surface area contributed by atoms with Gasteiger partial charge in [-0.15, -0.1) is 0 Å². The Balaban J connectivity index is 2.26. The van der Waals surface area contributed by atoms with Crippen molar-refractivity contribution in [3.8, 4) is 0 Å². The Morgan fingerprint density at radius 3 is 1.89 bits per heavy atom. The molecule has 98 valence electrons.